The minimum atomic E-state index is -1.61. The second kappa shape index (κ2) is 13.0. The van der Waals surface area contributed by atoms with Gasteiger partial charge in [-0.05, 0) is 86.6 Å². The molecule has 208 valence electrons. The molecule has 3 aliphatic rings. The van der Waals surface area contributed by atoms with Gasteiger partial charge < -0.3 is 14.6 Å². The van der Waals surface area contributed by atoms with E-state index in [9.17, 15) is 10.2 Å². The van der Waals surface area contributed by atoms with Gasteiger partial charge >= 0.3 is 0 Å². The summed E-state index contributed by atoms with van der Waals surface area (Å²) in [6.45, 7) is 17.9. The second-order valence-corrected chi connectivity index (χ2v) is 17.9. The second-order valence-electron chi connectivity index (χ2n) is 12.2. The van der Waals surface area contributed by atoms with Crippen molar-refractivity contribution in [2.45, 2.75) is 116 Å². The first-order valence-corrected chi connectivity index (χ1v) is 18.3. The SMILES string of the molecule is C=C1C(=CC=C2CCC[C@]3(C)C(CSCC=CC(C)(C)O[Si](CC)(CC)CC)=CC[C@@H]23)C[C@@H](O)C[C@@H]1O. The summed E-state index contributed by atoms with van der Waals surface area (Å²) in [6, 6.07) is 3.56. The maximum absolute atomic E-state index is 10.2. The van der Waals surface area contributed by atoms with E-state index in [2.05, 4.69) is 78.5 Å². The Balaban J connectivity index is 1.57. The van der Waals surface area contributed by atoms with E-state index in [1.54, 1.807) is 5.57 Å². The maximum Gasteiger partial charge on any atom is 0.193 e. The van der Waals surface area contributed by atoms with Gasteiger partial charge in [0.25, 0.3) is 0 Å². The molecular formula is C32H52O3SSi. The van der Waals surface area contributed by atoms with Crippen LogP contribution < -0.4 is 0 Å². The van der Waals surface area contributed by atoms with E-state index in [0.717, 1.165) is 35.5 Å². The van der Waals surface area contributed by atoms with Crippen LogP contribution in [0.3, 0.4) is 0 Å². The normalized spacial score (nSPS) is 31.4. The van der Waals surface area contributed by atoms with Crippen LogP contribution in [0.2, 0.25) is 18.1 Å². The molecule has 0 amide bonds. The Labute approximate surface area is 232 Å². The number of thioether (sulfide) groups is 1. The lowest BCUT2D eigenvalue weighted by atomic mass is 9.64. The summed E-state index contributed by atoms with van der Waals surface area (Å²) in [5.74, 6) is 2.68. The van der Waals surface area contributed by atoms with Crippen LogP contribution in [0.25, 0.3) is 0 Å². The molecule has 0 unspecified atom stereocenters. The van der Waals surface area contributed by atoms with Gasteiger partial charge in [0.1, 0.15) is 0 Å². The van der Waals surface area contributed by atoms with Gasteiger partial charge in [-0.15, -0.1) is 0 Å². The largest absolute Gasteiger partial charge is 0.409 e. The van der Waals surface area contributed by atoms with Crippen molar-refractivity contribution in [3.63, 3.8) is 0 Å². The van der Waals surface area contributed by atoms with E-state index in [1.165, 1.54) is 36.5 Å². The number of allylic oxidation sites excluding steroid dienone is 4. The Morgan fingerprint density at radius 1 is 1.19 bits per heavy atom. The van der Waals surface area contributed by atoms with Crippen LogP contribution in [0.4, 0.5) is 0 Å². The average Bonchev–Trinajstić information content (AvgIpc) is 3.20. The van der Waals surface area contributed by atoms with Crippen LogP contribution in [-0.2, 0) is 4.43 Å². The highest BCUT2D eigenvalue weighted by Crippen LogP contribution is 2.55. The summed E-state index contributed by atoms with van der Waals surface area (Å²) < 4.78 is 6.72. The number of fused-ring (bicyclic) bond motifs is 1. The van der Waals surface area contributed by atoms with E-state index >= 15 is 0 Å². The fraction of sp³-hybridized carbons (Fsp3) is 0.688. The first kappa shape index (κ1) is 30.7. The Morgan fingerprint density at radius 2 is 1.89 bits per heavy atom. The first-order chi connectivity index (χ1) is 17.5. The molecule has 5 heteroatoms. The molecule has 0 spiro atoms. The zero-order valence-corrected chi connectivity index (χ0v) is 26.1. The monoisotopic (exact) mass is 544 g/mol. The third-order valence-electron chi connectivity index (χ3n) is 9.38. The molecule has 2 saturated carbocycles. The van der Waals surface area contributed by atoms with Gasteiger partial charge in [-0.3, -0.25) is 0 Å². The van der Waals surface area contributed by atoms with Crippen molar-refractivity contribution in [3.8, 4) is 0 Å². The summed E-state index contributed by atoms with van der Waals surface area (Å²) in [4.78, 5) is 0. The lowest BCUT2D eigenvalue weighted by Crippen LogP contribution is -2.43. The van der Waals surface area contributed by atoms with Gasteiger partial charge in [0.2, 0.25) is 0 Å². The quantitative estimate of drug-likeness (QED) is 0.157. The molecule has 0 bridgehead atoms. The number of aliphatic hydroxyl groups excluding tert-OH is 2. The summed E-state index contributed by atoms with van der Waals surface area (Å²) >= 11 is 2.02. The smallest absolute Gasteiger partial charge is 0.193 e. The van der Waals surface area contributed by atoms with E-state index < -0.39 is 20.5 Å². The highest BCUT2D eigenvalue weighted by atomic mass is 32.2. The molecule has 3 rings (SSSR count). The van der Waals surface area contributed by atoms with Crippen molar-refractivity contribution in [3.05, 3.63) is 59.3 Å². The minimum Gasteiger partial charge on any atom is -0.409 e. The van der Waals surface area contributed by atoms with Crippen LogP contribution in [-0.4, -0.2) is 47.8 Å². The van der Waals surface area contributed by atoms with E-state index in [0.29, 0.717) is 18.8 Å². The topological polar surface area (TPSA) is 49.7 Å². The third kappa shape index (κ3) is 7.42. The van der Waals surface area contributed by atoms with Gasteiger partial charge in [-0.25, -0.2) is 0 Å². The average molecular weight is 545 g/mol. The zero-order valence-electron chi connectivity index (χ0n) is 24.3. The lowest BCUT2D eigenvalue weighted by molar-refractivity contribution is 0.0862. The molecule has 2 fully saturated rings. The summed E-state index contributed by atoms with van der Waals surface area (Å²) in [5.41, 5.74) is 4.98. The van der Waals surface area contributed by atoms with Gasteiger partial charge in [-0.1, -0.05) is 75.8 Å². The van der Waals surface area contributed by atoms with Crippen LogP contribution in [0, 0.1) is 11.3 Å². The van der Waals surface area contributed by atoms with Gasteiger partial charge in [0, 0.05) is 17.9 Å². The number of rotatable bonds is 11. The molecule has 0 aromatic heterocycles. The van der Waals surface area contributed by atoms with E-state index in [4.69, 9.17) is 4.43 Å². The van der Waals surface area contributed by atoms with Crippen molar-refractivity contribution in [1.29, 1.82) is 0 Å². The molecule has 3 aliphatic carbocycles. The summed E-state index contributed by atoms with van der Waals surface area (Å²) in [5, 5.41) is 20.3. The van der Waals surface area contributed by atoms with Crippen LogP contribution >= 0.6 is 11.8 Å². The number of aliphatic hydroxyl groups is 2. The third-order valence-corrected chi connectivity index (χ3v) is 15.1. The molecular weight excluding hydrogens is 493 g/mol. The van der Waals surface area contributed by atoms with Gasteiger partial charge in [0.15, 0.2) is 8.32 Å². The molecule has 4 atom stereocenters. The van der Waals surface area contributed by atoms with Crippen LogP contribution in [0.15, 0.2) is 59.3 Å². The summed E-state index contributed by atoms with van der Waals surface area (Å²) in [7, 11) is -1.61. The van der Waals surface area contributed by atoms with Crippen LogP contribution in [0.1, 0.15) is 80.1 Å². The van der Waals surface area contributed by atoms with Gasteiger partial charge in [0.05, 0.1) is 17.8 Å². The Bertz CT molecular complexity index is 918. The van der Waals surface area contributed by atoms with Crippen molar-refractivity contribution in [2.75, 3.05) is 11.5 Å². The lowest BCUT2D eigenvalue weighted by Gasteiger charge is -2.41. The molecule has 37 heavy (non-hydrogen) atoms. The number of hydrogen-bond acceptors (Lipinski definition) is 4. The first-order valence-electron chi connectivity index (χ1n) is 14.6. The van der Waals surface area contributed by atoms with Crippen molar-refractivity contribution in [1.82, 2.24) is 0 Å². The fourth-order valence-electron chi connectivity index (χ4n) is 6.72. The molecule has 0 saturated heterocycles. The molecule has 0 radical (unpaired) electrons. The Morgan fingerprint density at radius 3 is 2.57 bits per heavy atom. The highest BCUT2D eigenvalue weighted by molar-refractivity contribution is 7.99. The van der Waals surface area contributed by atoms with Crippen molar-refractivity contribution in [2.24, 2.45) is 11.3 Å². The molecule has 3 nitrogen and oxygen atoms in total. The van der Waals surface area contributed by atoms with Gasteiger partial charge in [-0.2, -0.15) is 11.8 Å². The molecule has 0 heterocycles. The maximum atomic E-state index is 10.2. The fourth-order valence-corrected chi connectivity index (χ4v) is 10.9. The van der Waals surface area contributed by atoms with Crippen molar-refractivity contribution < 1.29 is 14.6 Å². The summed E-state index contributed by atoms with van der Waals surface area (Å²) in [6.07, 6.45) is 16.2. The molecule has 0 aromatic rings. The highest BCUT2D eigenvalue weighted by Gasteiger charge is 2.44. The van der Waals surface area contributed by atoms with E-state index in [-0.39, 0.29) is 11.0 Å². The zero-order chi connectivity index (χ0) is 27.3. The van der Waals surface area contributed by atoms with Crippen molar-refractivity contribution >= 4 is 20.1 Å². The minimum absolute atomic E-state index is 0.189. The molecule has 0 aliphatic heterocycles. The number of hydrogen-bond donors (Lipinski definition) is 2. The molecule has 0 aromatic carbocycles. The predicted molar refractivity (Wildman–Crippen MR) is 164 cm³/mol. The standard InChI is InChI=1S/C32H52O3SSi/c1-8-37(9-2,10-3)35-31(5,6)18-12-20-36-23-27-16-17-29-25(13-11-19-32(27,29)7)14-15-26-21-28(33)22-30(34)24(26)4/h12,14-16,18,28-30,33-34H,4,8-11,13,17,19-23H2,1-3,5-7H3/t28-,29+,30+,32-/m1/s1. The predicted octanol–water partition coefficient (Wildman–Crippen LogP) is 8.14. The Kier molecular flexibility index (Phi) is 10.8. The van der Waals surface area contributed by atoms with E-state index in [1.807, 2.05) is 11.8 Å². The molecule has 2 N–H and O–H groups in total. The Hall–Kier alpha value is -0.853. The van der Waals surface area contributed by atoms with Crippen LogP contribution in [0.5, 0.6) is 0 Å².